The summed E-state index contributed by atoms with van der Waals surface area (Å²) in [6, 6.07) is 13.0. The maximum atomic E-state index is 4.05. The maximum Gasteiger partial charge on any atom is 0.0270 e. The van der Waals surface area contributed by atoms with Crippen molar-refractivity contribution >= 4 is 11.8 Å². The van der Waals surface area contributed by atoms with Crippen LogP contribution in [0.25, 0.3) is 0 Å². The summed E-state index contributed by atoms with van der Waals surface area (Å²) < 4.78 is 0. The molecule has 1 aromatic heterocycles. The van der Waals surface area contributed by atoms with Crippen LogP contribution in [0.15, 0.2) is 53.7 Å². The minimum absolute atomic E-state index is 0.157. The standard InChI is InChI=1S/C18H24N2S/c1-18(2,3)20-14-16-5-4-6-17(13-16)21-12-9-15-7-10-19-11-8-15/h4-8,10-11,13,20H,9,12,14H2,1-3H3. The molecule has 1 aromatic carbocycles. The lowest BCUT2D eigenvalue weighted by Crippen LogP contribution is -2.35. The second kappa shape index (κ2) is 7.62. The molecule has 21 heavy (non-hydrogen) atoms. The SMILES string of the molecule is CC(C)(C)NCc1cccc(SCCc2ccncc2)c1. The molecule has 0 amide bonds. The Kier molecular flexibility index (Phi) is 5.83. The van der Waals surface area contributed by atoms with E-state index in [1.165, 1.54) is 16.0 Å². The van der Waals surface area contributed by atoms with Crippen molar-refractivity contribution < 1.29 is 0 Å². The Morgan fingerprint density at radius 1 is 1.05 bits per heavy atom. The minimum atomic E-state index is 0.157. The maximum absolute atomic E-state index is 4.05. The highest BCUT2D eigenvalue weighted by molar-refractivity contribution is 7.99. The molecule has 1 N–H and O–H groups in total. The minimum Gasteiger partial charge on any atom is -0.308 e. The normalized spacial score (nSPS) is 11.6. The molecule has 112 valence electrons. The summed E-state index contributed by atoms with van der Waals surface area (Å²) in [4.78, 5) is 5.39. The topological polar surface area (TPSA) is 24.9 Å². The van der Waals surface area contributed by atoms with Crippen LogP contribution in [-0.4, -0.2) is 16.3 Å². The van der Waals surface area contributed by atoms with Gasteiger partial charge in [-0.05, 0) is 62.6 Å². The Hall–Kier alpha value is -1.32. The van der Waals surface area contributed by atoms with Gasteiger partial charge in [0.2, 0.25) is 0 Å². The van der Waals surface area contributed by atoms with E-state index >= 15 is 0 Å². The Bertz CT molecular complexity index is 547. The number of benzene rings is 1. The predicted molar refractivity (Wildman–Crippen MR) is 91.7 cm³/mol. The molecule has 0 atom stereocenters. The van der Waals surface area contributed by atoms with Crippen LogP contribution in [0.5, 0.6) is 0 Å². The smallest absolute Gasteiger partial charge is 0.0270 e. The number of aryl methyl sites for hydroxylation is 1. The zero-order chi connectivity index (χ0) is 15.1. The van der Waals surface area contributed by atoms with Crippen LogP contribution in [0.2, 0.25) is 0 Å². The van der Waals surface area contributed by atoms with Crippen molar-refractivity contribution in [3.05, 3.63) is 59.9 Å². The second-order valence-corrected chi connectivity index (χ2v) is 7.37. The molecule has 0 saturated heterocycles. The third-order valence-electron chi connectivity index (χ3n) is 3.13. The van der Waals surface area contributed by atoms with E-state index in [1.807, 2.05) is 24.2 Å². The van der Waals surface area contributed by atoms with Gasteiger partial charge in [0.15, 0.2) is 0 Å². The summed E-state index contributed by atoms with van der Waals surface area (Å²) in [5, 5.41) is 3.53. The first-order valence-electron chi connectivity index (χ1n) is 7.39. The molecule has 2 rings (SSSR count). The fraction of sp³-hybridized carbons (Fsp3) is 0.389. The van der Waals surface area contributed by atoms with E-state index in [0.717, 1.165) is 18.7 Å². The first-order chi connectivity index (χ1) is 10.0. The third kappa shape index (κ3) is 6.32. The molecule has 0 unspecified atom stereocenters. The molecule has 0 aliphatic carbocycles. The Balaban J connectivity index is 1.83. The van der Waals surface area contributed by atoms with E-state index in [4.69, 9.17) is 0 Å². The van der Waals surface area contributed by atoms with Gasteiger partial charge in [-0.15, -0.1) is 11.8 Å². The number of pyridine rings is 1. The lowest BCUT2D eigenvalue weighted by atomic mass is 10.1. The number of nitrogens with one attached hydrogen (secondary N) is 1. The molecule has 0 spiro atoms. The summed E-state index contributed by atoms with van der Waals surface area (Å²) in [5.74, 6) is 1.10. The molecule has 0 aliphatic heterocycles. The molecule has 2 nitrogen and oxygen atoms in total. The average Bonchev–Trinajstić information content (AvgIpc) is 2.46. The van der Waals surface area contributed by atoms with Gasteiger partial charge in [-0.3, -0.25) is 4.98 Å². The second-order valence-electron chi connectivity index (χ2n) is 6.20. The van der Waals surface area contributed by atoms with E-state index in [9.17, 15) is 0 Å². The summed E-state index contributed by atoms with van der Waals surface area (Å²) in [7, 11) is 0. The van der Waals surface area contributed by atoms with Crippen LogP contribution >= 0.6 is 11.8 Å². The van der Waals surface area contributed by atoms with Gasteiger partial charge in [-0.1, -0.05) is 12.1 Å². The van der Waals surface area contributed by atoms with Crippen molar-refractivity contribution in [2.45, 2.75) is 44.2 Å². The van der Waals surface area contributed by atoms with Crippen LogP contribution in [-0.2, 0) is 13.0 Å². The number of nitrogens with zero attached hydrogens (tertiary/aromatic N) is 1. The van der Waals surface area contributed by atoms with Crippen molar-refractivity contribution in [3.63, 3.8) is 0 Å². The van der Waals surface area contributed by atoms with Crippen LogP contribution in [0, 0.1) is 0 Å². The van der Waals surface area contributed by atoms with Crippen LogP contribution in [0.3, 0.4) is 0 Å². The number of hydrogen-bond acceptors (Lipinski definition) is 3. The zero-order valence-corrected chi connectivity index (χ0v) is 13.9. The molecular formula is C18H24N2S. The predicted octanol–water partition coefficient (Wildman–Crippen LogP) is 4.30. The largest absolute Gasteiger partial charge is 0.308 e. The zero-order valence-electron chi connectivity index (χ0n) is 13.1. The fourth-order valence-corrected chi connectivity index (χ4v) is 2.93. The van der Waals surface area contributed by atoms with Gasteiger partial charge >= 0.3 is 0 Å². The highest BCUT2D eigenvalue weighted by Crippen LogP contribution is 2.20. The molecule has 0 fully saturated rings. The van der Waals surface area contributed by atoms with Crippen LogP contribution in [0.1, 0.15) is 31.9 Å². The molecule has 0 bridgehead atoms. The van der Waals surface area contributed by atoms with E-state index in [1.54, 1.807) is 0 Å². The van der Waals surface area contributed by atoms with Gasteiger partial charge in [0.1, 0.15) is 0 Å². The lowest BCUT2D eigenvalue weighted by Gasteiger charge is -2.20. The summed E-state index contributed by atoms with van der Waals surface area (Å²) in [6.45, 7) is 7.50. The van der Waals surface area contributed by atoms with Crippen molar-refractivity contribution in [2.75, 3.05) is 5.75 Å². The van der Waals surface area contributed by atoms with Crippen LogP contribution in [0.4, 0.5) is 0 Å². The molecule has 3 heteroatoms. The van der Waals surface area contributed by atoms with Gasteiger partial charge in [0.25, 0.3) is 0 Å². The average molecular weight is 300 g/mol. The van der Waals surface area contributed by atoms with Crippen LogP contribution < -0.4 is 5.32 Å². The molecular weight excluding hydrogens is 276 g/mol. The number of thioether (sulfide) groups is 1. The van der Waals surface area contributed by atoms with Crippen molar-refractivity contribution in [3.8, 4) is 0 Å². The van der Waals surface area contributed by atoms with Gasteiger partial charge in [0, 0.05) is 35.1 Å². The molecule has 0 saturated carbocycles. The van der Waals surface area contributed by atoms with E-state index in [0.29, 0.717) is 0 Å². The quantitative estimate of drug-likeness (QED) is 0.805. The summed E-state index contributed by atoms with van der Waals surface area (Å²) >= 11 is 1.91. The summed E-state index contributed by atoms with van der Waals surface area (Å²) in [5.41, 5.74) is 2.85. The third-order valence-corrected chi connectivity index (χ3v) is 4.13. The van der Waals surface area contributed by atoms with Gasteiger partial charge in [0.05, 0.1) is 0 Å². The Morgan fingerprint density at radius 2 is 1.81 bits per heavy atom. The molecule has 0 radical (unpaired) electrons. The van der Waals surface area contributed by atoms with E-state index < -0.39 is 0 Å². The number of hydrogen-bond donors (Lipinski definition) is 1. The Morgan fingerprint density at radius 3 is 2.52 bits per heavy atom. The summed E-state index contributed by atoms with van der Waals surface area (Å²) in [6.07, 6.45) is 4.80. The monoisotopic (exact) mass is 300 g/mol. The number of aromatic nitrogens is 1. The van der Waals surface area contributed by atoms with Gasteiger partial charge < -0.3 is 5.32 Å². The highest BCUT2D eigenvalue weighted by atomic mass is 32.2. The highest BCUT2D eigenvalue weighted by Gasteiger charge is 2.08. The van der Waals surface area contributed by atoms with E-state index in [-0.39, 0.29) is 5.54 Å². The number of rotatable bonds is 6. The van der Waals surface area contributed by atoms with Gasteiger partial charge in [-0.2, -0.15) is 0 Å². The Labute approximate surface area is 132 Å². The van der Waals surface area contributed by atoms with Crippen molar-refractivity contribution in [1.82, 2.24) is 10.3 Å². The van der Waals surface area contributed by atoms with Crippen molar-refractivity contribution in [2.24, 2.45) is 0 Å². The van der Waals surface area contributed by atoms with E-state index in [2.05, 4.69) is 67.5 Å². The lowest BCUT2D eigenvalue weighted by molar-refractivity contribution is 0.424. The molecule has 0 aliphatic rings. The first-order valence-corrected chi connectivity index (χ1v) is 8.37. The van der Waals surface area contributed by atoms with Gasteiger partial charge in [-0.25, -0.2) is 0 Å². The molecule has 1 heterocycles. The molecule has 2 aromatic rings. The van der Waals surface area contributed by atoms with Crippen molar-refractivity contribution in [1.29, 1.82) is 0 Å². The fourth-order valence-electron chi connectivity index (χ4n) is 1.95. The first kappa shape index (κ1) is 16.1.